The van der Waals surface area contributed by atoms with Gasteiger partial charge in [0.15, 0.2) is 17.3 Å². The largest absolute Gasteiger partial charge is 0.495 e. The molecule has 3 rings (SSSR count). The zero-order valence-electron chi connectivity index (χ0n) is 22.6. The summed E-state index contributed by atoms with van der Waals surface area (Å²) in [6.45, 7) is 0.446. The highest BCUT2D eigenvalue weighted by atomic mass is 35.5. The van der Waals surface area contributed by atoms with Gasteiger partial charge in [0.2, 0.25) is 11.7 Å². The van der Waals surface area contributed by atoms with Crippen molar-refractivity contribution < 1.29 is 34.0 Å². The molecule has 210 valence electrons. The van der Waals surface area contributed by atoms with E-state index in [1.807, 2.05) is 6.07 Å². The normalized spacial score (nSPS) is 10.7. The van der Waals surface area contributed by atoms with Crippen LogP contribution in [-0.4, -0.2) is 87.8 Å². The maximum Gasteiger partial charge on any atom is 0.227 e. The number of hydrogen-bond acceptors (Lipinski definition) is 11. The molecule has 39 heavy (non-hydrogen) atoms. The van der Waals surface area contributed by atoms with Crippen LogP contribution in [0.2, 0.25) is 5.02 Å². The van der Waals surface area contributed by atoms with E-state index in [9.17, 15) is 15.0 Å². The third kappa shape index (κ3) is 6.80. The Balaban J connectivity index is 2.11. The topological polar surface area (TPSA) is 127 Å². The monoisotopic (exact) mass is 560 g/mol. The van der Waals surface area contributed by atoms with E-state index in [0.717, 1.165) is 5.56 Å². The summed E-state index contributed by atoms with van der Waals surface area (Å²) in [6, 6.07) is 8.55. The second kappa shape index (κ2) is 13.8. The lowest BCUT2D eigenvalue weighted by atomic mass is 10.0. The molecule has 2 N–H and O–H groups in total. The van der Waals surface area contributed by atoms with Gasteiger partial charge in [0.25, 0.3) is 0 Å². The summed E-state index contributed by atoms with van der Waals surface area (Å²) >= 11 is 6.33. The Morgan fingerprint density at radius 1 is 0.923 bits per heavy atom. The van der Waals surface area contributed by atoms with E-state index in [2.05, 4.69) is 9.97 Å². The maximum absolute atomic E-state index is 13.8. The van der Waals surface area contributed by atoms with Crippen molar-refractivity contribution in [2.24, 2.45) is 0 Å². The van der Waals surface area contributed by atoms with E-state index >= 15 is 0 Å². The van der Waals surface area contributed by atoms with Crippen molar-refractivity contribution in [1.82, 2.24) is 9.97 Å². The minimum atomic E-state index is -0.369. The molecule has 3 aromatic rings. The summed E-state index contributed by atoms with van der Waals surface area (Å²) < 4.78 is 21.5. The van der Waals surface area contributed by atoms with Gasteiger partial charge >= 0.3 is 0 Å². The predicted molar refractivity (Wildman–Crippen MR) is 148 cm³/mol. The molecule has 0 atom stereocenters. The van der Waals surface area contributed by atoms with Crippen LogP contribution in [0.15, 0.2) is 36.5 Å². The zero-order chi connectivity index (χ0) is 28.5. The van der Waals surface area contributed by atoms with Crippen LogP contribution < -0.4 is 28.7 Å². The van der Waals surface area contributed by atoms with Crippen molar-refractivity contribution in [1.29, 1.82) is 0 Å². The SMILES string of the molecule is COc1ccc(CN(C)c2nc(N(CCO)CCO)ncc2C(=O)c2cc(OC)c(OC)c(OC)c2)cc1Cl. The van der Waals surface area contributed by atoms with Crippen LogP contribution in [0.4, 0.5) is 11.8 Å². The Kier molecular flexibility index (Phi) is 10.6. The van der Waals surface area contributed by atoms with E-state index in [-0.39, 0.29) is 49.2 Å². The highest BCUT2D eigenvalue weighted by Gasteiger charge is 2.24. The highest BCUT2D eigenvalue weighted by molar-refractivity contribution is 6.32. The van der Waals surface area contributed by atoms with Gasteiger partial charge in [0, 0.05) is 38.4 Å². The van der Waals surface area contributed by atoms with Crippen LogP contribution in [0.25, 0.3) is 0 Å². The van der Waals surface area contributed by atoms with E-state index in [0.29, 0.717) is 40.4 Å². The fourth-order valence-corrected chi connectivity index (χ4v) is 4.33. The minimum Gasteiger partial charge on any atom is -0.495 e. The molecule has 0 aliphatic rings. The molecule has 1 aromatic heterocycles. The van der Waals surface area contributed by atoms with Gasteiger partial charge in [-0.05, 0) is 29.8 Å². The molecular weight excluding hydrogens is 528 g/mol. The number of carbonyl (C=O) groups excluding carboxylic acids is 1. The number of nitrogens with zero attached hydrogens (tertiary/aromatic N) is 4. The van der Waals surface area contributed by atoms with Crippen molar-refractivity contribution in [3.05, 3.63) is 58.2 Å². The summed E-state index contributed by atoms with van der Waals surface area (Å²) in [5, 5.41) is 19.5. The minimum absolute atomic E-state index is 0.162. The number of hydrogen-bond donors (Lipinski definition) is 2. The quantitative estimate of drug-likeness (QED) is 0.283. The Morgan fingerprint density at radius 3 is 2.05 bits per heavy atom. The van der Waals surface area contributed by atoms with Crippen LogP contribution >= 0.6 is 11.6 Å². The number of aliphatic hydroxyl groups excluding tert-OH is 2. The highest BCUT2D eigenvalue weighted by Crippen LogP contribution is 2.39. The first-order chi connectivity index (χ1) is 18.8. The van der Waals surface area contributed by atoms with Crippen LogP contribution in [0, 0.1) is 0 Å². The average molecular weight is 561 g/mol. The van der Waals surface area contributed by atoms with Gasteiger partial charge in [-0.25, -0.2) is 4.98 Å². The molecule has 0 saturated heterocycles. The molecule has 1 heterocycles. The van der Waals surface area contributed by atoms with Crippen LogP contribution in [0.5, 0.6) is 23.0 Å². The first kappa shape index (κ1) is 29.8. The van der Waals surface area contributed by atoms with E-state index in [1.54, 1.807) is 48.2 Å². The number of aromatic nitrogens is 2. The maximum atomic E-state index is 13.8. The lowest BCUT2D eigenvalue weighted by Crippen LogP contribution is -2.32. The van der Waals surface area contributed by atoms with Crippen molar-refractivity contribution in [2.45, 2.75) is 6.54 Å². The summed E-state index contributed by atoms with van der Waals surface area (Å²) in [4.78, 5) is 26.3. The lowest BCUT2D eigenvalue weighted by Gasteiger charge is -2.25. The molecule has 0 aliphatic heterocycles. The summed E-state index contributed by atoms with van der Waals surface area (Å²) in [5.41, 5.74) is 1.37. The molecule has 0 saturated carbocycles. The number of anilines is 2. The molecule has 0 unspecified atom stereocenters. The number of rotatable bonds is 14. The molecule has 0 spiro atoms. The number of benzene rings is 2. The predicted octanol–water partition coefficient (Wildman–Crippen LogP) is 2.82. The number of ether oxygens (including phenoxy) is 4. The van der Waals surface area contributed by atoms with Gasteiger partial charge in [-0.1, -0.05) is 17.7 Å². The third-order valence-electron chi connectivity index (χ3n) is 5.95. The molecule has 0 fully saturated rings. The van der Waals surface area contributed by atoms with Gasteiger partial charge in [0.1, 0.15) is 11.6 Å². The van der Waals surface area contributed by atoms with E-state index in [1.165, 1.54) is 27.5 Å². The van der Waals surface area contributed by atoms with Gasteiger partial charge < -0.3 is 39.0 Å². The fraction of sp³-hybridized carbons (Fsp3) is 0.370. The lowest BCUT2D eigenvalue weighted by molar-refractivity contribution is 0.103. The van der Waals surface area contributed by atoms with Crippen molar-refractivity contribution in [3.63, 3.8) is 0 Å². The number of methoxy groups -OCH3 is 4. The third-order valence-corrected chi connectivity index (χ3v) is 6.24. The number of ketones is 1. The van der Waals surface area contributed by atoms with Gasteiger partial charge in [-0.2, -0.15) is 4.98 Å². The van der Waals surface area contributed by atoms with Crippen molar-refractivity contribution in [3.8, 4) is 23.0 Å². The summed E-state index contributed by atoms with van der Waals surface area (Å²) in [5.74, 6) is 1.80. The number of halogens is 1. The Morgan fingerprint density at radius 2 is 1.54 bits per heavy atom. The van der Waals surface area contributed by atoms with Gasteiger partial charge in [-0.15, -0.1) is 0 Å². The van der Waals surface area contributed by atoms with Crippen LogP contribution in [-0.2, 0) is 6.54 Å². The molecule has 0 amide bonds. The van der Waals surface area contributed by atoms with Gasteiger partial charge in [0.05, 0.1) is 52.2 Å². The standard InChI is InChI=1S/C27H33ClN4O7/c1-31(16-17-6-7-21(36-2)20(28)12-17)26-19(15-29-27(30-26)32(8-10-33)9-11-34)24(35)18-13-22(37-3)25(39-5)23(14-18)38-4/h6-7,12-15,33-34H,8-11,16H2,1-5H3. The van der Waals surface area contributed by atoms with Crippen molar-refractivity contribution >= 4 is 29.2 Å². The Labute approximate surface area is 232 Å². The molecule has 11 nitrogen and oxygen atoms in total. The number of carbonyl (C=O) groups is 1. The smallest absolute Gasteiger partial charge is 0.227 e. The van der Waals surface area contributed by atoms with Gasteiger partial charge in [-0.3, -0.25) is 4.79 Å². The van der Waals surface area contributed by atoms with E-state index < -0.39 is 0 Å². The van der Waals surface area contributed by atoms with E-state index in [4.69, 9.17) is 30.5 Å². The first-order valence-corrected chi connectivity index (χ1v) is 12.4. The molecular formula is C27H33ClN4O7. The Bertz CT molecular complexity index is 1260. The number of aliphatic hydroxyl groups is 2. The average Bonchev–Trinajstić information content (AvgIpc) is 2.95. The second-order valence-electron chi connectivity index (χ2n) is 8.41. The van der Waals surface area contributed by atoms with Crippen LogP contribution in [0.1, 0.15) is 21.5 Å². The molecule has 0 bridgehead atoms. The summed E-state index contributed by atoms with van der Waals surface area (Å²) in [7, 11) is 7.76. The van der Waals surface area contributed by atoms with Crippen LogP contribution in [0.3, 0.4) is 0 Å². The second-order valence-corrected chi connectivity index (χ2v) is 8.82. The molecule has 2 aromatic carbocycles. The fourth-order valence-electron chi connectivity index (χ4n) is 4.05. The molecule has 0 radical (unpaired) electrons. The molecule has 0 aliphatic carbocycles. The molecule has 12 heteroatoms. The first-order valence-electron chi connectivity index (χ1n) is 12.0. The zero-order valence-corrected chi connectivity index (χ0v) is 23.4. The summed E-state index contributed by atoms with van der Waals surface area (Å²) in [6.07, 6.45) is 1.43. The van der Waals surface area contributed by atoms with Crippen molar-refractivity contribution in [2.75, 3.05) is 71.6 Å². The Hall–Kier alpha value is -3.80.